The first-order chi connectivity index (χ1) is 9.19. The largest absolute Gasteiger partial charge is 0.497 e. The van der Waals surface area contributed by atoms with Crippen molar-refractivity contribution < 1.29 is 4.74 Å². The van der Waals surface area contributed by atoms with Gasteiger partial charge in [-0.3, -0.25) is 0 Å². The van der Waals surface area contributed by atoms with Crippen LogP contribution in [-0.2, 0) is 13.6 Å². The molecule has 0 amide bonds. The van der Waals surface area contributed by atoms with E-state index >= 15 is 0 Å². The predicted octanol–water partition coefficient (Wildman–Crippen LogP) is 1.37. The Bertz CT molecular complexity index is 566. The fourth-order valence-electron chi connectivity index (χ4n) is 1.47. The number of nitrogens with zero attached hydrogens (tertiary/aromatic N) is 4. The molecule has 8 heteroatoms. The molecule has 0 unspecified atom stereocenters. The third kappa shape index (κ3) is 4.37. The Morgan fingerprint density at radius 2 is 2.10 bits per heavy atom. The summed E-state index contributed by atoms with van der Waals surface area (Å²) in [6.07, 6.45) is 1.62. The Balaban J connectivity index is 0.00000200. The minimum Gasteiger partial charge on any atom is -0.497 e. The van der Waals surface area contributed by atoms with Crippen LogP contribution in [0.2, 0.25) is 0 Å². The third-order valence-electron chi connectivity index (χ3n) is 2.56. The molecule has 20 heavy (non-hydrogen) atoms. The van der Waals surface area contributed by atoms with Crippen LogP contribution in [0.4, 0.5) is 5.69 Å². The van der Waals surface area contributed by atoms with Crippen LogP contribution in [0, 0.1) is 0 Å². The number of ether oxygens (including phenoxy) is 1. The van der Waals surface area contributed by atoms with Crippen LogP contribution in [-0.4, -0.2) is 27.8 Å². The number of nitrogens with one attached hydrogen (secondary N) is 1. The van der Waals surface area contributed by atoms with E-state index in [1.54, 1.807) is 18.0 Å². The molecule has 0 saturated heterocycles. The molecule has 1 heterocycles. The maximum absolute atomic E-state index is 5.79. The van der Waals surface area contributed by atoms with Crippen LogP contribution < -0.4 is 15.8 Å². The summed E-state index contributed by atoms with van der Waals surface area (Å²) in [6, 6.07) is 7.42. The van der Waals surface area contributed by atoms with E-state index in [0.717, 1.165) is 17.3 Å². The van der Waals surface area contributed by atoms with Crippen LogP contribution in [0.15, 0.2) is 35.6 Å². The zero-order valence-corrected chi connectivity index (χ0v) is 13.6. The highest BCUT2D eigenvalue weighted by Gasteiger charge is 2.00. The Morgan fingerprint density at radius 1 is 1.40 bits per heavy atom. The average Bonchev–Trinajstić information content (AvgIpc) is 2.83. The van der Waals surface area contributed by atoms with Gasteiger partial charge in [0.15, 0.2) is 11.8 Å². The Hall–Kier alpha value is -1.84. The van der Waals surface area contributed by atoms with E-state index < -0.39 is 0 Å². The van der Waals surface area contributed by atoms with Crippen molar-refractivity contribution in [1.29, 1.82) is 0 Å². The third-order valence-corrected chi connectivity index (χ3v) is 2.56. The van der Waals surface area contributed by atoms with Crippen LogP contribution in [0.3, 0.4) is 0 Å². The highest BCUT2D eigenvalue weighted by atomic mass is 127. The van der Waals surface area contributed by atoms with Gasteiger partial charge >= 0.3 is 0 Å². The topological polar surface area (TPSA) is 90.3 Å². The van der Waals surface area contributed by atoms with Crippen molar-refractivity contribution >= 4 is 35.6 Å². The van der Waals surface area contributed by atoms with Gasteiger partial charge < -0.3 is 20.4 Å². The smallest absolute Gasteiger partial charge is 0.193 e. The number of guanidine groups is 1. The molecule has 2 rings (SSSR count). The van der Waals surface area contributed by atoms with Gasteiger partial charge in [-0.1, -0.05) is 0 Å². The summed E-state index contributed by atoms with van der Waals surface area (Å²) in [4.78, 5) is 4.19. The van der Waals surface area contributed by atoms with E-state index in [9.17, 15) is 0 Å². The van der Waals surface area contributed by atoms with Gasteiger partial charge in [0, 0.05) is 12.7 Å². The van der Waals surface area contributed by atoms with Gasteiger partial charge in [0.25, 0.3) is 0 Å². The quantitative estimate of drug-likeness (QED) is 0.469. The fourth-order valence-corrected chi connectivity index (χ4v) is 1.47. The van der Waals surface area contributed by atoms with Gasteiger partial charge in [0.1, 0.15) is 18.6 Å². The summed E-state index contributed by atoms with van der Waals surface area (Å²) in [5.41, 5.74) is 6.64. The first-order valence-corrected chi connectivity index (χ1v) is 5.73. The molecule has 3 N–H and O–H groups in total. The molecule has 0 fully saturated rings. The van der Waals surface area contributed by atoms with E-state index in [-0.39, 0.29) is 24.0 Å². The molecule has 108 valence electrons. The summed E-state index contributed by atoms with van der Waals surface area (Å²) in [5, 5.41) is 10.7. The van der Waals surface area contributed by atoms with Crippen molar-refractivity contribution in [2.75, 3.05) is 12.4 Å². The summed E-state index contributed by atoms with van der Waals surface area (Å²) in [6.45, 7) is 0.380. The van der Waals surface area contributed by atoms with Gasteiger partial charge in [0.05, 0.1) is 7.11 Å². The molecule has 0 atom stereocenters. The van der Waals surface area contributed by atoms with Gasteiger partial charge in [-0.25, -0.2) is 4.99 Å². The van der Waals surface area contributed by atoms with E-state index in [1.165, 1.54) is 0 Å². The lowest BCUT2D eigenvalue weighted by Crippen LogP contribution is -2.22. The van der Waals surface area contributed by atoms with Crippen molar-refractivity contribution in [3.63, 3.8) is 0 Å². The number of hydrogen-bond acceptors (Lipinski definition) is 4. The van der Waals surface area contributed by atoms with Crippen LogP contribution in [0.1, 0.15) is 5.82 Å². The number of halogens is 1. The number of benzene rings is 1. The van der Waals surface area contributed by atoms with Crippen molar-refractivity contribution in [3.8, 4) is 5.75 Å². The van der Waals surface area contributed by atoms with E-state index in [2.05, 4.69) is 20.5 Å². The molecule has 0 saturated carbocycles. The summed E-state index contributed by atoms with van der Waals surface area (Å²) in [5.74, 6) is 1.87. The van der Waals surface area contributed by atoms with Crippen molar-refractivity contribution in [1.82, 2.24) is 14.8 Å². The number of aryl methyl sites for hydroxylation is 1. The average molecular weight is 388 g/mol. The van der Waals surface area contributed by atoms with E-state index in [1.807, 2.05) is 31.3 Å². The summed E-state index contributed by atoms with van der Waals surface area (Å²) < 4.78 is 6.87. The Morgan fingerprint density at radius 3 is 2.65 bits per heavy atom. The molecule has 0 radical (unpaired) electrons. The first-order valence-electron chi connectivity index (χ1n) is 5.73. The lowest BCUT2D eigenvalue weighted by atomic mass is 10.3. The van der Waals surface area contributed by atoms with Crippen molar-refractivity contribution in [2.24, 2.45) is 17.8 Å². The van der Waals surface area contributed by atoms with Crippen LogP contribution >= 0.6 is 24.0 Å². The normalized spacial score (nSPS) is 10.8. The highest BCUT2D eigenvalue weighted by Crippen LogP contribution is 2.14. The van der Waals surface area contributed by atoms with Crippen molar-refractivity contribution in [3.05, 3.63) is 36.4 Å². The molecule has 2 aromatic rings. The number of aliphatic imine (C=N–C) groups is 1. The van der Waals surface area contributed by atoms with Crippen LogP contribution in [0.5, 0.6) is 5.75 Å². The summed E-state index contributed by atoms with van der Waals surface area (Å²) in [7, 11) is 3.48. The molecule has 0 aliphatic heterocycles. The van der Waals surface area contributed by atoms with Gasteiger partial charge in [-0.2, -0.15) is 0 Å². The number of rotatable bonds is 4. The number of aromatic nitrogens is 3. The molecule has 1 aromatic carbocycles. The lowest BCUT2D eigenvalue weighted by molar-refractivity contribution is 0.415. The second-order valence-electron chi connectivity index (χ2n) is 3.91. The highest BCUT2D eigenvalue weighted by molar-refractivity contribution is 14.0. The molecule has 0 bridgehead atoms. The summed E-state index contributed by atoms with van der Waals surface area (Å²) >= 11 is 0. The van der Waals surface area contributed by atoms with Gasteiger partial charge in [-0.05, 0) is 24.3 Å². The number of nitrogens with two attached hydrogens (primary N) is 1. The Kier molecular flexibility index (Phi) is 6.22. The van der Waals surface area contributed by atoms with Gasteiger partial charge in [-0.15, -0.1) is 34.2 Å². The number of anilines is 1. The maximum atomic E-state index is 5.79. The van der Waals surface area contributed by atoms with Gasteiger partial charge in [0.2, 0.25) is 0 Å². The molecular formula is C12H17IN6O. The molecule has 0 aliphatic carbocycles. The SMILES string of the molecule is COc1ccc(NC(N)=NCc2nncn2C)cc1.I. The zero-order chi connectivity index (χ0) is 13.7. The fraction of sp³-hybridized carbons (Fsp3) is 0.250. The maximum Gasteiger partial charge on any atom is 0.193 e. The first kappa shape index (κ1) is 16.2. The minimum absolute atomic E-state index is 0. The van der Waals surface area contributed by atoms with E-state index in [0.29, 0.717) is 12.5 Å². The predicted molar refractivity (Wildman–Crippen MR) is 88.4 cm³/mol. The van der Waals surface area contributed by atoms with Crippen LogP contribution in [0.25, 0.3) is 0 Å². The lowest BCUT2D eigenvalue weighted by Gasteiger charge is -2.06. The standard InChI is InChI=1S/C12H16N6O.HI/c1-18-8-15-17-11(18)7-14-12(13)16-9-3-5-10(19-2)6-4-9;/h3-6,8H,7H2,1-2H3,(H3,13,14,16);1H. The second-order valence-corrected chi connectivity index (χ2v) is 3.91. The zero-order valence-electron chi connectivity index (χ0n) is 11.3. The Labute approximate surface area is 134 Å². The molecule has 7 nitrogen and oxygen atoms in total. The van der Waals surface area contributed by atoms with E-state index in [4.69, 9.17) is 10.5 Å². The number of hydrogen-bond donors (Lipinski definition) is 2. The van der Waals surface area contributed by atoms with Crippen molar-refractivity contribution in [2.45, 2.75) is 6.54 Å². The monoisotopic (exact) mass is 388 g/mol. The molecule has 0 aliphatic rings. The second kappa shape index (κ2) is 7.68. The molecule has 0 spiro atoms. The molecular weight excluding hydrogens is 371 g/mol. The minimum atomic E-state index is 0. The molecule has 1 aromatic heterocycles. The number of methoxy groups -OCH3 is 1.